The van der Waals surface area contributed by atoms with Gasteiger partial charge in [0.1, 0.15) is 5.75 Å². The highest BCUT2D eigenvalue weighted by Crippen LogP contribution is 2.50. The summed E-state index contributed by atoms with van der Waals surface area (Å²) in [5.74, 6) is -2.77. The van der Waals surface area contributed by atoms with Gasteiger partial charge in [0.25, 0.3) is 0 Å². The van der Waals surface area contributed by atoms with Crippen molar-refractivity contribution in [2.24, 2.45) is 17.8 Å². The van der Waals surface area contributed by atoms with Crippen LogP contribution in [0.4, 0.5) is 4.79 Å². The first-order chi connectivity index (χ1) is 18.3. The fraction of sp³-hybridized carbons (Fsp3) is 0.357. The topological polar surface area (TPSA) is 126 Å². The molecule has 2 N–H and O–H groups in total. The van der Waals surface area contributed by atoms with Gasteiger partial charge in [0.15, 0.2) is 0 Å². The van der Waals surface area contributed by atoms with Crippen molar-refractivity contribution in [2.45, 2.75) is 38.6 Å². The van der Waals surface area contributed by atoms with Crippen molar-refractivity contribution in [1.29, 1.82) is 0 Å². The second-order valence-corrected chi connectivity index (χ2v) is 9.99. The van der Waals surface area contributed by atoms with Crippen molar-refractivity contribution >= 4 is 36.7 Å². The van der Waals surface area contributed by atoms with Gasteiger partial charge in [-0.05, 0) is 85.5 Å². The number of phenolic OH excluding ortho intramolecular Hbond substituents is 1. The van der Waals surface area contributed by atoms with Crippen molar-refractivity contribution in [3.05, 3.63) is 71.1 Å². The minimum absolute atomic E-state index is 0.162. The molecule has 5 rings (SSSR count). The summed E-state index contributed by atoms with van der Waals surface area (Å²) in [5, 5.41) is 20.6. The first-order valence-corrected chi connectivity index (χ1v) is 12.7. The van der Waals surface area contributed by atoms with E-state index in [1.807, 2.05) is 37.3 Å². The maximum absolute atomic E-state index is 13.2. The van der Waals surface area contributed by atoms with Gasteiger partial charge >= 0.3 is 13.2 Å². The van der Waals surface area contributed by atoms with Gasteiger partial charge in [0, 0.05) is 6.20 Å². The van der Waals surface area contributed by atoms with Gasteiger partial charge in [0.05, 0.1) is 30.7 Å². The Kier molecular flexibility index (Phi) is 7.18. The number of ether oxygens (including phenoxy) is 1. The molecule has 1 aliphatic carbocycles. The lowest BCUT2D eigenvalue weighted by Crippen LogP contribution is -2.46. The number of hydrogen-bond acceptors (Lipinski definition) is 8. The molecule has 196 valence electrons. The monoisotopic (exact) mass is 516 g/mol. The number of carbonyl (C=O) groups is 3. The van der Waals surface area contributed by atoms with Crippen LogP contribution in [-0.4, -0.2) is 58.3 Å². The number of rotatable bonds is 5. The Morgan fingerprint density at radius 2 is 2.03 bits per heavy atom. The number of benzene rings is 1. The molecule has 3 aliphatic rings. The zero-order chi connectivity index (χ0) is 27.0. The predicted molar refractivity (Wildman–Crippen MR) is 139 cm³/mol. The summed E-state index contributed by atoms with van der Waals surface area (Å²) in [5.41, 5.74) is 4.39. The van der Waals surface area contributed by atoms with Crippen LogP contribution in [0.2, 0.25) is 6.32 Å². The second-order valence-electron chi connectivity index (χ2n) is 9.99. The van der Waals surface area contributed by atoms with Crippen molar-refractivity contribution in [3.63, 3.8) is 0 Å². The quantitative estimate of drug-likeness (QED) is 0.350. The third-order valence-corrected chi connectivity index (χ3v) is 7.69. The van der Waals surface area contributed by atoms with Crippen LogP contribution in [0, 0.1) is 17.8 Å². The summed E-state index contributed by atoms with van der Waals surface area (Å²) >= 11 is 0. The summed E-state index contributed by atoms with van der Waals surface area (Å²) < 4.78 is 10.7. The smallest absolute Gasteiger partial charge is 0.455 e. The number of pyridine rings is 1. The van der Waals surface area contributed by atoms with E-state index in [9.17, 15) is 24.5 Å². The van der Waals surface area contributed by atoms with E-state index in [0.717, 1.165) is 35.1 Å². The van der Waals surface area contributed by atoms with Gasteiger partial charge in [-0.25, -0.2) is 4.79 Å². The molecule has 0 spiro atoms. The molecule has 1 aromatic heterocycles. The number of nitrogens with zero attached hydrogens (tertiary/aromatic N) is 2. The normalized spacial score (nSPS) is 25.4. The Bertz CT molecular complexity index is 1330. The number of aromatic nitrogens is 1. The Labute approximate surface area is 220 Å². The van der Waals surface area contributed by atoms with E-state index in [2.05, 4.69) is 9.72 Å². The zero-order valence-corrected chi connectivity index (χ0v) is 21.2. The largest absolute Gasteiger partial charge is 0.508 e. The number of fused-ring (bicyclic) bond motifs is 3. The van der Waals surface area contributed by atoms with Crippen LogP contribution >= 0.6 is 0 Å². The Hall–Kier alpha value is -3.76. The van der Waals surface area contributed by atoms with Crippen molar-refractivity contribution < 1.29 is 33.9 Å². The van der Waals surface area contributed by atoms with Crippen molar-refractivity contribution in [2.75, 3.05) is 7.11 Å². The molecule has 0 unspecified atom stereocenters. The summed E-state index contributed by atoms with van der Waals surface area (Å²) in [6.45, 7) is 1.92. The molecule has 2 aliphatic heterocycles. The Morgan fingerprint density at radius 3 is 2.74 bits per heavy atom. The number of likely N-dealkylation sites (tertiary alicyclic amines) is 1. The van der Waals surface area contributed by atoms with E-state index in [0.29, 0.717) is 24.2 Å². The minimum atomic E-state index is -1.11. The van der Waals surface area contributed by atoms with Crippen LogP contribution in [0.5, 0.6) is 5.75 Å². The molecular formula is C28H29BN2O7. The number of aromatic hydroxyl groups is 1. The average Bonchev–Trinajstić information content (AvgIpc) is 3.15. The number of phenols is 1. The Balaban J connectivity index is 1.44. The fourth-order valence-corrected chi connectivity index (χ4v) is 6.12. The number of amides is 3. The summed E-state index contributed by atoms with van der Waals surface area (Å²) in [7, 11) is 0.0288. The third-order valence-electron chi connectivity index (χ3n) is 7.69. The molecule has 2 saturated heterocycles. The summed E-state index contributed by atoms with van der Waals surface area (Å²) in [6.07, 6.45) is 3.79. The minimum Gasteiger partial charge on any atom is -0.508 e. The lowest BCUT2D eigenvalue weighted by atomic mass is 9.58. The van der Waals surface area contributed by atoms with Gasteiger partial charge in [0.2, 0.25) is 11.8 Å². The SMILES string of the molecule is COC(=O)N1C(=O)[C@@H]2[C@@H](CC(C)=C3[C@@H](CC/C(=C/c4cccc(O)c4)c4ccccn4)OB(O)C[C@@H]32)C1=O. The van der Waals surface area contributed by atoms with Crippen LogP contribution in [0.25, 0.3) is 11.6 Å². The van der Waals surface area contributed by atoms with Crippen LogP contribution in [-0.2, 0) is 19.0 Å². The number of imide groups is 3. The second kappa shape index (κ2) is 10.5. The molecule has 0 bridgehead atoms. The van der Waals surface area contributed by atoms with E-state index in [1.54, 1.807) is 24.4 Å². The average molecular weight is 516 g/mol. The molecule has 9 nitrogen and oxygen atoms in total. The maximum Gasteiger partial charge on any atom is 0.455 e. The highest BCUT2D eigenvalue weighted by atomic mass is 16.5. The molecule has 0 radical (unpaired) electrons. The van der Waals surface area contributed by atoms with Gasteiger partial charge in [-0.1, -0.05) is 23.8 Å². The fourth-order valence-electron chi connectivity index (χ4n) is 6.12. The first-order valence-electron chi connectivity index (χ1n) is 12.7. The first kappa shape index (κ1) is 25.9. The summed E-state index contributed by atoms with van der Waals surface area (Å²) in [4.78, 5) is 43.5. The molecule has 3 heterocycles. The molecule has 1 aromatic carbocycles. The van der Waals surface area contributed by atoms with Crippen molar-refractivity contribution in [1.82, 2.24) is 9.88 Å². The standard InChI is InChI=1S/C28H29BN2O7/c1-16-12-20-25(27(34)31(26(20)33)28(35)37-2)21-15-29(36)38-23(24(16)21)10-9-18(22-8-3-4-11-30-22)13-17-6-5-7-19(32)14-17/h3-8,11,13-14,20-21,23,25,32,36H,9-10,12,15H2,1-2H3/b18-13-/t20-,21+,23-,25-/m1/s1. The van der Waals surface area contributed by atoms with Crippen LogP contribution < -0.4 is 0 Å². The van der Waals surface area contributed by atoms with E-state index in [1.165, 1.54) is 0 Å². The number of allylic oxidation sites excluding steroid dienone is 2. The number of hydrogen-bond donors (Lipinski definition) is 2. The molecule has 38 heavy (non-hydrogen) atoms. The molecular weight excluding hydrogens is 487 g/mol. The van der Waals surface area contributed by atoms with Gasteiger partial charge in [-0.2, -0.15) is 4.90 Å². The van der Waals surface area contributed by atoms with Crippen LogP contribution in [0.3, 0.4) is 0 Å². The lowest BCUT2D eigenvalue weighted by molar-refractivity contribution is -0.137. The highest BCUT2D eigenvalue weighted by molar-refractivity contribution is 6.43. The van der Waals surface area contributed by atoms with Crippen molar-refractivity contribution in [3.8, 4) is 5.75 Å². The van der Waals surface area contributed by atoms with Crippen LogP contribution in [0.15, 0.2) is 59.8 Å². The van der Waals surface area contributed by atoms with E-state index < -0.39 is 48.9 Å². The van der Waals surface area contributed by atoms with Crippen LogP contribution in [0.1, 0.15) is 37.4 Å². The molecule has 10 heteroatoms. The number of methoxy groups -OCH3 is 1. The third kappa shape index (κ3) is 4.77. The summed E-state index contributed by atoms with van der Waals surface area (Å²) in [6, 6.07) is 12.6. The zero-order valence-electron chi connectivity index (χ0n) is 21.2. The number of carbonyl (C=O) groups excluding carboxylic acids is 3. The molecule has 0 saturated carbocycles. The maximum atomic E-state index is 13.2. The molecule has 2 aromatic rings. The van der Waals surface area contributed by atoms with E-state index in [4.69, 9.17) is 4.65 Å². The molecule has 4 atom stereocenters. The lowest BCUT2D eigenvalue weighted by Gasteiger charge is -2.42. The van der Waals surface area contributed by atoms with Gasteiger partial charge < -0.3 is 19.5 Å². The predicted octanol–water partition coefficient (Wildman–Crippen LogP) is 3.69. The van der Waals surface area contributed by atoms with Gasteiger partial charge in [-0.15, -0.1) is 0 Å². The van der Waals surface area contributed by atoms with Gasteiger partial charge in [-0.3, -0.25) is 14.6 Å². The van der Waals surface area contributed by atoms with E-state index in [-0.39, 0.29) is 12.1 Å². The molecule has 2 fully saturated rings. The molecule has 3 amide bonds. The highest BCUT2D eigenvalue weighted by Gasteiger charge is 2.58. The van der Waals surface area contributed by atoms with E-state index >= 15 is 0 Å². The Morgan fingerprint density at radius 1 is 1.21 bits per heavy atom.